The molecule has 2 aromatic carbocycles. The molecule has 0 spiro atoms. The third-order valence-corrected chi connectivity index (χ3v) is 7.28. The molecule has 2 heterocycles. The number of nitrogens with zero attached hydrogens (tertiary/aromatic N) is 2. The molecule has 2 atom stereocenters. The lowest BCUT2D eigenvalue weighted by Gasteiger charge is -2.49. The number of alkyl halides is 2. The molecule has 0 aliphatic carbocycles. The number of carbonyl (C=O) groups excluding carboxylic acids is 3. The first-order valence-electron chi connectivity index (χ1n) is 12.3. The van der Waals surface area contributed by atoms with Crippen molar-refractivity contribution >= 4 is 35.8 Å². The van der Waals surface area contributed by atoms with Crippen molar-refractivity contribution in [2.45, 2.75) is 30.9 Å². The lowest BCUT2D eigenvalue weighted by Crippen LogP contribution is -2.70. The van der Waals surface area contributed by atoms with Gasteiger partial charge in [-0.3, -0.25) is 14.5 Å². The second kappa shape index (κ2) is 13.7. The topological polar surface area (TPSA) is 107 Å². The first kappa shape index (κ1) is 28.8. The van der Waals surface area contributed by atoms with E-state index in [1.807, 2.05) is 30.3 Å². The summed E-state index contributed by atoms with van der Waals surface area (Å²) in [6.07, 6.45) is 0.820. The van der Waals surface area contributed by atoms with Crippen LogP contribution >= 0.6 is 11.8 Å². The number of rotatable bonds is 12. The average molecular weight is 572 g/mol. The summed E-state index contributed by atoms with van der Waals surface area (Å²) in [5.74, 6) is -0.449. The van der Waals surface area contributed by atoms with Gasteiger partial charge in [-0.05, 0) is 34.9 Å². The van der Waals surface area contributed by atoms with Crippen LogP contribution in [0.15, 0.2) is 83.2 Å². The number of thioether (sulfide) groups is 1. The van der Waals surface area contributed by atoms with Crippen LogP contribution in [-0.2, 0) is 37.0 Å². The number of methoxy groups -OCH3 is 1. The monoisotopic (exact) mass is 571 g/mol. The Kier molecular flexibility index (Phi) is 9.90. The number of nitrogens with one attached hydrogen (secondary N) is 1. The predicted octanol–water partition coefficient (Wildman–Crippen LogP) is 3.46. The highest BCUT2D eigenvalue weighted by Crippen LogP contribution is 2.41. The van der Waals surface area contributed by atoms with Crippen molar-refractivity contribution in [1.29, 1.82) is 0 Å². The largest absolute Gasteiger partial charge is 0.497 e. The Morgan fingerprint density at radius 2 is 1.90 bits per heavy atom. The SMILES string of the molecule is COc1ccc(COC(=O)C2=C(/C=C\CON=CC(F)F)CS[C@@H]3[C@H](NC(=O)Cc4ccccc4)C(=O)N23)cc1. The van der Waals surface area contributed by atoms with Crippen molar-refractivity contribution < 1.29 is 37.5 Å². The van der Waals surface area contributed by atoms with Crippen LogP contribution in [0, 0.1) is 0 Å². The number of allylic oxidation sites excluding steroid dienone is 1. The minimum absolute atomic E-state index is 0.0359. The molecule has 40 heavy (non-hydrogen) atoms. The molecular weight excluding hydrogens is 544 g/mol. The third kappa shape index (κ3) is 7.26. The molecule has 2 amide bonds. The number of hydrogen-bond acceptors (Lipinski definition) is 8. The zero-order valence-corrected chi connectivity index (χ0v) is 22.3. The maximum atomic E-state index is 13.3. The highest BCUT2D eigenvalue weighted by molar-refractivity contribution is 8.00. The van der Waals surface area contributed by atoms with Gasteiger partial charge >= 0.3 is 5.97 Å². The van der Waals surface area contributed by atoms with Gasteiger partial charge in [0.25, 0.3) is 12.3 Å². The first-order valence-corrected chi connectivity index (χ1v) is 13.3. The van der Waals surface area contributed by atoms with Crippen LogP contribution in [0.5, 0.6) is 5.75 Å². The van der Waals surface area contributed by atoms with Crippen LogP contribution in [-0.4, -0.2) is 66.2 Å². The van der Waals surface area contributed by atoms with Gasteiger partial charge in [-0.2, -0.15) is 0 Å². The van der Waals surface area contributed by atoms with Crippen molar-refractivity contribution in [3.63, 3.8) is 0 Å². The molecule has 0 radical (unpaired) electrons. The standard InChI is InChI=1S/C28H27F2N3O6S/c1-37-21-11-9-19(10-12-21)16-38-28(36)25-20(8-5-13-39-31-15-22(29)30)17-40-27-24(26(35)33(25)27)32-23(34)14-18-6-3-2-4-7-18/h2-12,15,22,24,27H,13-14,16-17H2,1H3,(H,32,34)/b8-5-,31-15?/t24-,27-/m1/s1. The number of hydrogen-bond donors (Lipinski definition) is 1. The molecule has 9 nitrogen and oxygen atoms in total. The molecule has 2 aromatic rings. The number of amides is 2. The van der Waals surface area contributed by atoms with Gasteiger partial charge in [0.05, 0.1) is 13.5 Å². The zero-order valence-electron chi connectivity index (χ0n) is 21.5. The fourth-order valence-electron chi connectivity index (χ4n) is 4.07. The van der Waals surface area contributed by atoms with Crippen molar-refractivity contribution in [1.82, 2.24) is 10.2 Å². The van der Waals surface area contributed by atoms with E-state index in [0.717, 1.165) is 11.1 Å². The molecule has 0 aromatic heterocycles. The van der Waals surface area contributed by atoms with Crippen LogP contribution in [0.25, 0.3) is 0 Å². The highest BCUT2D eigenvalue weighted by atomic mass is 32.2. The van der Waals surface area contributed by atoms with Gasteiger partial charge in [-0.1, -0.05) is 53.7 Å². The van der Waals surface area contributed by atoms with Crippen molar-refractivity contribution in [3.05, 3.63) is 89.1 Å². The molecule has 210 valence electrons. The lowest BCUT2D eigenvalue weighted by atomic mass is 10.0. The van der Waals surface area contributed by atoms with E-state index in [-0.39, 0.29) is 31.2 Å². The Hall–Kier alpha value is -4.19. The Labute approximate surface area is 233 Å². The van der Waals surface area contributed by atoms with Gasteiger partial charge in [-0.25, -0.2) is 13.6 Å². The molecule has 1 N–H and O–H groups in total. The number of halogens is 2. The van der Waals surface area contributed by atoms with Crippen LogP contribution in [0.4, 0.5) is 8.78 Å². The van der Waals surface area contributed by atoms with E-state index in [4.69, 9.17) is 14.3 Å². The normalized spacial score (nSPS) is 18.6. The molecule has 1 fully saturated rings. The summed E-state index contributed by atoms with van der Waals surface area (Å²) in [7, 11) is 1.55. The van der Waals surface area contributed by atoms with E-state index in [1.165, 1.54) is 22.7 Å². The summed E-state index contributed by atoms with van der Waals surface area (Å²) in [6, 6.07) is 15.4. The summed E-state index contributed by atoms with van der Waals surface area (Å²) < 4.78 is 35.0. The zero-order chi connectivity index (χ0) is 28.5. The number of fused-ring (bicyclic) bond motifs is 1. The van der Waals surface area contributed by atoms with E-state index in [9.17, 15) is 23.2 Å². The molecule has 2 aliphatic heterocycles. The predicted molar refractivity (Wildman–Crippen MR) is 145 cm³/mol. The van der Waals surface area contributed by atoms with E-state index >= 15 is 0 Å². The maximum Gasteiger partial charge on any atom is 0.355 e. The van der Waals surface area contributed by atoms with E-state index < -0.39 is 29.7 Å². The number of esters is 1. The molecular formula is C28H27F2N3O6S. The Bertz CT molecular complexity index is 1300. The smallest absolute Gasteiger partial charge is 0.355 e. The Morgan fingerprint density at radius 3 is 2.60 bits per heavy atom. The number of carbonyl (C=O) groups is 3. The Balaban J connectivity index is 1.46. The second-order valence-corrected chi connectivity index (χ2v) is 9.81. The summed E-state index contributed by atoms with van der Waals surface area (Å²) in [5.41, 5.74) is 2.09. The van der Waals surface area contributed by atoms with E-state index in [0.29, 0.717) is 23.3 Å². The first-order chi connectivity index (χ1) is 19.4. The molecule has 4 rings (SSSR count). The number of β-lactam (4-membered cyclic amide) rings is 1. The molecule has 2 aliphatic rings. The summed E-state index contributed by atoms with van der Waals surface area (Å²) in [6.45, 7) is -0.160. The average Bonchev–Trinajstić information content (AvgIpc) is 2.96. The van der Waals surface area contributed by atoms with Crippen molar-refractivity contribution in [2.75, 3.05) is 19.5 Å². The van der Waals surface area contributed by atoms with Crippen LogP contribution in [0.3, 0.4) is 0 Å². The minimum atomic E-state index is -2.73. The van der Waals surface area contributed by atoms with Gasteiger partial charge < -0.3 is 19.6 Å². The van der Waals surface area contributed by atoms with Gasteiger partial charge in [0.2, 0.25) is 5.91 Å². The quantitative estimate of drug-likeness (QED) is 0.137. The van der Waals surface area contributed by atoms with Gasteiger partial charge in [0.1, 0.15) is 42.3 Å². The summed E-state index contributed by atoms with van der Waals surface area (Å²) in [4.78, 5) is 45.1. The van der Waals surface area contributed by atoms with Gasteiger partial charge in [-0.15, -0.1) is 11.8 Å². The minimum Gasteiger partial charge on any atom is -0.497 e. The fraction of sp³-hybridized carbons (Fsp3) is 0.286. The summed E-state index contributed by atoms with van der Waals surface area (Å²) >= 11 is 1.38. The second-order valence-electron chi connectivity index (χ2n) is 8.70. The van der Waals surface area contributed by atoms with Crippen molar-refractivity contribution in [3.8, 4) is 5.75 Å². The molecule has 12 heteroatoms. The molecule has 0 unspecified atom stereocenters. The van der Waals surface area contributed by atoms with Crippen LogP contribution < -0.4 is 10.1 Å². The number of ether oxygens (including phenoxy) is 2. The molecule has 1 saturated heterocycles. The van der Waals surface area contributed by atoms with Crippen LogP contribution in [0.1, 0.15) is 11.1 Å². The van der Waals surface area contributed by atoms with Gasteiger partial charge in [0.15, 0.2) is 0 Å². The third-order valence-electron chi connectivity index (χ3n) is 5.98. The van der Waals surface area contributed by atoms with Crippen molar-refractivity contribution in [2.24, 2.45) is 5.16 Å². The fourth-order valence-corrected chi connectivity index (χ4v) is 5.39. The van der Waals surface area contributed by atoms with Crippen LogP contribution in [0.2, 0.25) is 0 Å². The lowest BCUT2D eigenvalue weighted by molar-refractivity contribution is -0.153. The van der Waals surface area contributed by atoms with E-state index in [1.54, 1.807) is 37.5 Å². The van der Waals surface area contributed by atoms with E-state index in [2.05, 4.69) is 10.5 Å². The summed E-state index contributed by atoms with van der Waals surface area (Å²) in [5, 5.41) is 5.44. The number of benzene rings is 2. The molecule has 0 saturated carbocycles. The number of oxime groups is 1. The maximum absolute atomic E-state index is 13.3. The highest BCUT2D eigenvalue weighted by Gasteiger charge is 2.54. The Morgan fingerprint density at radius 1 is 1.15 bits per heavy atom. The van der Waals surface area contributed by atoms with Gasteiger partial charge in [0, 0.05) is 5.75 Å². The molecule has 0 bridgehead atoms.